The Bertz CT molecular complexity index is 371. The second-order valence-corrected chi connectivity index (χ2v) is 3.46. The van der Waals surface area contributed by atoms with Crippen LogP contribution in [-0.2, 0) is 4.79 Å². The van der Waals surface area contributed by atoms with Gasteiger partial charge in [-0.15, -0.1) is 0 Å². The van der Waals surface area contributed by atoms with Gasteiger partial charge in [-0.1, -0.05) is 6.07 Å². The molecule has 0 saturated carbocycles. The third-order valence-corrected chi connectivity index (χ3v) is 1.78. The molecule has 4 heteroatoms. The molecule has 1 heterocycles. The summed E-state index contributed by atoms with van der Waals surface area (Å²) in [5.74, 6) is 0.551. The molecule has 0 N–H and O–H groups in total. The van der Waals surface area contributed by atoms with E-state index in [0.29, 0.717) is 11.6 Å². The summed E-state index contributed by atoms with van der Waals surface area (Å²) in [6.07, 6.45) is 1.60. The Morgan fingerprint density at radius 3 is 2.73 bits per heavy atom. The molecule has 1 rings (SSSR count). The minimum atomic E-state index is -0.279. The molecule has 0 aliphatic heterocycles. The molecule has 0 spiro atoms. The summed E-state index contributed by atoms with van der Waals surface area (Å²) >= 11 is 0. The second-order valence-electron chi connectivity index (χ2n) is 3.46. The largest absolute Gasteiger partial charge is 0.475 e. The molecule has 1 unspecified atom stereocenters. The van der Waals surface area contributed by atoms with Crippen molar-refractivity contribution in [2.75, 3.05) is 0 Å². The highest BCUT2D eigenvalue weighted by Gasteiger charge is 2.06. The first kappa shape index (κ1) is 11.4. The van der Waals surface area contributed by atoms with Crippen LogP contribution in [0.2, 0.25) is 0 Å². The highest BCUT2D eigenvalue weighted by molar-refractivity contribution is 5.34. The zero-order valence-corrected chi connectivity index (χ0v) is 9.10. The van der Waals surface area contributed by atoms with Crippen LogP contribution in [0.1, 0.15) is 32.5 Å². The molecule has 1 atom stereocenters. The van der Waals surface area contributed by atoms with Gasteiger partial charge in [-0.3, -0.25) is 0 Å². The van der Waals surface area contributed by atoms with Crippen LogP contribution in [-0.4, -0.2) is 17.2 Å². The lowest BCUT2D eigenvalue weighted by molar-refractivity contribution is 0.232. The molecule has 0 amide bonds. The van der Waals surface area contributed by atoms with E-state index >= 15 is 0 Å². The van der Waals surface area contributed by atoms with E-state index in [0.717, 1.165) is 0 Å². The number of pyridine rings is 1. The van der Waals surface area contributed by atoms with Gasteiger partial charge in [0, 0.05) is 6.07 Å². The van der Waals surface area contributed by atoms with Crippen molar-refractivity contribution >= 4 is 6.08 Å². The van der Waals surface area contributed by atoms with Crippen molar-refractivity contribution in [3.63, 3.8) is 0 Å². The van der Waals surface area contributed by atoms with Gasteiger partial charge in [0.1, 0.15) is 6.04 Å². The van der Waals surface area contributed by atoms with E-state index in [2.05, 4.69) is 9.98 Å². The number of ether oxygens (including phenoxy) is 1. The molecule has 80 valence electrons. The smallest absolute Gasteiger partial charge is 0.235 e. The first-order valence-electron chi connectivity index (χ1n) is 4.84. The summed E-state index contributed by atoms with van der Waals surface area (Å²) in [6, 6.07) is 5.13. The van der Waals surface area contributed by atoms with E-state index in [1.54, 1.807) is 19.1 Å². The second kappa shape index (κ2) is 5.27. The molecule has 15 heavy (non-hydrogen) atoms. The number of carbonyl (C=O) groups excluding carboxylic acids is 1. The van der Waals surface area contributed by atoms with Crippen molar-refractivity contribution in [3.8, 4) is 5.88 Å². The lowest BCUT2D eigenvalue weighted by Crippen LogP contribution is -2.07. The summed E-state index contributed by atoms with van der Waals surface area (Å²) in [6.45, 7) is 5.65. The van der Waals surface area contributed by atoms with Crippen LogP contribution in [0, 0.1) is 0 Å². The van der Waals surface area contributed by atoms with Crippen molar-refractivity contribution in [1.82, 2.24) is 4.98 Å². The Morgan fingerprint density at radius 1 is 1.40 bits per heavy atom. The average molecular weight is 206 g/mol. The lowest BCUT2D eigenvalue weighted by atomic mass is 10.2. The number of aromatic nitrogens is 1. The van der Waals surface area contributed by atoms with Crippen molar-refractivity contribution in [2.45, 2.75) is 32.9 Å². The molecule has 0 radical (unpaired) electrons. The highest BCUT2D eigenvalue weighted by atomic mass is 16.5. The van der Waals surface area contributed by atoms with Gasteiger partial charge >= 0.3 is 0 Å². The molecule has 0 saturated heterocycles. The zero-order chi connectivity index (χ0) is 11.3. The van der Waals surface area contributed by atoms with Gasteiger partial charge in [-0.2, -0.15) is 4.99 Å². The molecule has 0 aromatic carbocycles. The van der Waals surface area contributed by atoms with E-state index in [1.807, 2.05) is 19.9 Å². The van der Waals surface area contributed by atoms with Crippen molar-refractivity contribution in [2.24, 2.45) is 4.99 Å². The Kier molecular flexibility index (Phi) is 4.01. The molecular weight excluding hydrogens is 192 g/mol. The fourth-order valence-corrected chi connectivity index (χ4v) is 1.12. The summed E-state index contributed by atoms with van der Waals surface area (Å²) in [5.41, 5.74) is 0.705. The monoisotopic (exact) mass is 206 g/mol. The van der Waals surface area contributed by atoms with Crippen LogP contribution in [0.4, 0.5) is 0 Å². The Hall–Kier alpha value is -1.67. The van der Waals surface area contributed by atoms with Gasteiger partial charge in [0.2, 0.25) is 12.0 Å². The third kappa shape index (κ3) is 3.52. The third-order valence-electron chi connectivity index (χ3n) is 1.78. The highest BCUT2D eigenvalue weighted by Crippen LogP contribution is 2.17. The molecule has 0 fully saturated rings. The van der Waals surface area contributed by atoms with E-state index in [-0.39, 0.29) is 12.1 Å². The van der Waals surface area contributed by atoms with Crippen molar-refractivity contribution in [3.05, 3.63) is 23.9 Å². The summed E-state index contributed by atoms with van der Waals surface area (Å²) in [4.78, 5) is 17.9. The minimum absolute atomic E-state index is 0.0811. The molecular formula is C11H14N2O2. The first-order chi connectivity index (χ1) is 7.13. The van der Waals surface area contributed by atoms with E-state index < -0.39 is 0 Å². The summed E-state index contributed by atoms with van der Waals surface area (Å²) < 4.78 is 5.43. The number of hydrogen-bond acceptors (Lipinski definition) is 4. The van der Waals surface area contributed by atoms with Gasteiger partial charge in [-0.05, 0) is 26.8 Å². The van der Waals surface area contributed by atoms with Crippen LogP contribution < -0.4 is 4.74 Å². The molecule has 4 nitrogen and oxygen atoms in total. The minimum Gasteiger partial charge on any atom is -0.475 e. The lowest BCUT2D eigenvalue weighted by Gasteiger charge is -2.10. The van der Waals surface area contributed by atoms with Gasteiger partial charge in [0.25, 0.3) is 0 Å². The maximum atomic E-state index is 10.1. The Morgan fingerprint density at radius 2 is 2.13 bits per heavy atom. The van der Waals surface area contributed by atoms with E-state index in [4.69, 9.17) is 4.74 Å². The van der Waals surface area contributed by atoms with E-state index in [1.165, 1.54) is 6.08 Å². The Labute approximate surface area is 89.0 Å². The number of rotatable bonds is 4. The topological polar surface area (TPSA) is 51.5 Å². The van der Waals surface area contributed by atoms with Gasteiger partial charge in [0.05, 0.1) is 11.8 Å². The Balaban J connectivity index is 2.86. The zero-order valence-electron chi connectivity index (χ0n) is 9.10. The van der Waals surface area contributed by atoms with Gasteiger partial charge in [0.15, 0.2) is 0 Å². The van der Waals surface area contributed by atoms with E-state index in [9.17, 15) is 4.79 Å². The fraction of sp³-hybridized carbons (Fsp3) is 0.455. The maximum absolute atomic E-state index is 10.1. The number of aliphatic imine (C=N–C) groups is 1. The normalized spacial score (nSPS) is 12.0. The molecule has 0 aliphatic carbocycles. The van der Waals surface area contributed by atoms with Crippen LogP contribution in [0.3, 0.4) is 0 Å². The molecule has 0 bridgehead atoms. The first-order valence-corrected chi connectivity index (χ1v) is 4.84. The van der Waals surface area contributed by atoms with Crippen molar-refractivity contribution < 1.29 is 9.53 Å². The van der Waals surface area contributed by atoms with Gasteiger partial charge in [-0.25, -0.2) is 9.78 Å². The molecule has 0 aliphatic rings. The average Bonchev–Trinajstić information content (AvgIpc) is 2.17. The number of isocyanates is 1. The molecule has 1 aromatic rings. The fourth-order valence-electron chi connectivity index (χ4n) is 1.12. The summed E-state index contributed by atoms with van der Waals surface area (Å²) in [7, 11) is 0. The van der Waals surface area contributed by atoms with Crippen LogP contribution in [0.5, 0.6) is 5.88 Å². The quantitative estimate of drug-likeness (QED) is 0.561. The van der Waals surface area contributed by atoms with Crippen LogP contribution in [0.15, 0.2) is 23.2 Å². The predicted octanol–water partition coefficient (Wildman–Crippen LogP) is 2.27. The SMILES string of the molecule is CC(C)Oc1cccc(C(C)N=C=O)n1. The molecule has 1 aromatic heterocycles. The van der Waals surface area contributed by atoms with Gasteiger partial charge < -0.3 is 4.74 Å². The number of hydrogen-bond donors (Lipinski definition) is 0. The number of nitrogens with zero attached hydrogens (tertiary/aromatic N) is 2. The van der Waals surface area contributed by atoms with Crippen LogP contribution >= 0.6 is 0 Å². The predicted molar refractivity (Wildman–Crippen MR) is 56.5 cm³/mol. The standard InChI is InChI=1S/C11H14N2O2/c1-8(2)15-11-6-4-5-10(13-11)9(3)12-7-14/h4-6,8-9H,1-3H3. The van der Waals surface area contributed by atoms with Crippen molar-refractivity contribution in [1.29, 1.82) is 0 Å². The summed E-state index contributed by atoms with van der Waals surface area (Å²) in [5, 5.41) is 0. The van der Waals surface area contributed by atoms with Crippen LogP contribution in [0.25, 0.3) is 0 Å². The maximum Gasteiger partial charge on any atom is 0.235 e.